The van der Waals surface area contributed by atoms with E-state index in [9.17, 15) is 0 Å². The molecule has 2 N–H and O–H groups in total. The number of hydrogen-bond donors (Lipinski definition) is 1. The van der Waals surface area contributed by atoms with E-state index in [1.54, 1.807) is 11.3 Å². The van der Waals surface area contributed by atoms with Crippen molar-refractivity contribution in [2.45, 2.75) is 33.8 Å². The fourth-order valence-electron chi connectivity index (χ4n) is 2.10. The number of ether oxygens (including phenoxy) is 1. The monoisotopic (exact) mass is 290 g/mol. The summed E-state index contributed by atoms with van der Waals surface area (Å²) in [7, 11) is 0. The summed E-state index contributed by atoms with van der Waals surface area (Å²) in [5.41, 5.74) is 8.63. The normalized spacial score (nSPS) is 13.4. The van der Waals surface area contributed by atoms with E-state index in [1.165, 1.54) is 0 Å². The van der Waals surface area contributed by atoms with Gasteiger partial charge in [0.25, 0.3) is 0 Å². The molecule has 1 unspecified atom stereocenters. The predicted molar refractivity (Wildman–Crippen MR) is 85.8 cm³/mol. The molecule has 1 atom stereocenters. The van der Waals surface area contributed by atoms with Gasteiger partial charge in [-0.15, -0.1) is 11.3 Å². The van der Waals surface area contributed by atoms with Crippen LogP contribution >= 0.6 is 11.3 Å². The number of hydrogen-bond acceptors (Lipinski definition) is 4. The van der Waals surface area contributed by atoms with E-state index in [0.29, 0.717) is 6.61 Å². The zero-order valence-electron chi connectivity index (χ0n) is 12.5. The molecule has 1 heterocycles. The molecule has 4 heteroatoms. The maximum atomic E-state index is 5.89. The third-order valence-electron chi connectivity index (χ3n) is 3.05. The molecule has 2 aromatic rings. The van der Waals surface area contributed by atoms with Crippen molar-refractivity contribution in [3.05, 3.63) is 34.7 Å². The highest BCUT2D eigenvalue weighted by molar-refractivity contribution is 7.10. The van der Waals surface area contributed by atoms with Crippen LogP contribution in [0.1, 0.15) is 38.8 Å². The topological polar surface area (TPSA) is 48.1 Å². The molecule has 2 rings (SSSR count). The number of aromatic nitrogens is 1. The molecule has 0 aliphatic carbocycles. The van der Waals surface area contributed by atoms with Crippen LogP contribution in [0.5, 0.6) is 0 Å². The minimum atomic E-state index is 0.0207. The Morgan fingerprint density at radius 1 is 1.35 bits per heavy atom. The van der Waals surface area contributed by atoms with Gasteiger partial charge < -0.3 is 10.5 Å². The van der Waals surface area contributed by atoms with Gasteiger partial charge in [0, 0.05) is 23.2 Å². The van der Waals surface area contributed by atoms with Gasteiger partial charge in [0.2, 0.25) is 0 Å². The van der Waals surface area contributed by atoms with Gasteiger partial charge in [-0.2, -0.15) is 0 Å². The SMILES string of the molecule is CCOC(c1nc(-c2cccc(N)c2)cs1)C(C)(C)C. The van der Waals surface area contributed by atoms with Gasteiger partial charge in [-0.1, -0.05) is 32.9 Å². The van der Waals surface area contributed by atoms with E-state index in [2.05, 4.69) is 26.2 Å². The van der Waals surface area contributed by atoms with E-state index in [0.717, 1.165) is 22.0 Å². The highest BCUT2D eigenvalue weighted by Crippen LogP contribution is 2.38. The maximum absolute atomic E-state index is 5.89. The second-order valence-electron chi connectivity index (χ2n) is 5.90. The summed E-state index contributed by atoms with van der Waals surface area (Å²) < 4.78 is 5.89. The van der Waals surface area contributed by atoms with E-state index in [-0.39, 0.29) is 11.5 Å². The number of nitrogens with two attached hydrogens (primary N) is 1. The Labute approximate surface area is 124 Å². The minimum Gasteiger partial charge on any atom is -0.399 e. The summed E-state index contributed by atoms with van der Waals surface area (Å²) in [5, 5.41) is 3.10. The smallest absolute Gasteiger partial charge is 0.123 e. The molecule has 0 aliphatic rings. The van der Waals surface area contributed by atoms with Gasteiger partial charge in [-0.3, -0.25) is 0 Å². The van der Waals surface area contributed by atoms with Gasteiger partial charge in [0.1, 0.15) is 11.1 Å². The van der Waals surface area contributed by atoms with Crippen molar-refractivity contribution in [1.29, 1.82) is 0 Å². The van der Waals surface area contributed by atoms with Crippen molar-refractivity contribution < 1.29 is 4.74 Å². The van der Waals surface area contributed by atoms with Crippen molar-refractivity contribution in [1.82, 2.24) is 4.98 Å². The highest BCUT2D eigenvalue weighted by atomic mass is 32.1. The second-order valence-corrected chi connectivity index (χ2v) is 6.79. The van der Waals surface area contributed by atoms with Gasteiger partial charge in [0.05, 0.1) is 5.69 Å². The molecule has 20 heavy (non-hydrogen) atoms. The second kappa shape index (κ2) is 5.94. The van der Waals surface area contributed by atoms with E-state index in [1.807, 2.05) is 31.2 Å². The van der Waals surface area contributed by atoms with Crippen LogP contribution in [0.4, 0.5) is 5.69 Å². The number of nitrogen functional groups attached to an aromatic ring is 1. The fraction of sp³-hybridized carbons (Fsp3) is 0.438. The van der Waals surface area contributed by atoms with Crippen LogP contribution < -0.4 is 5.73 Å². The molecule has 0 spiro atoms. The summed E-state index contributed by atoms with van der Waals surface area (Å²) >= 11 is 1.65. The molecule has 0 aliphatic heterocycles. The summed E-state index contributed by atoms with van der Waals surface area (Å²) in [6.45, 7) is 9.24. The van der Waals surface area contributed by atoms with Crippen LogP contribution in [0.25, 0.3) is 11.3 Å². The lowest BCUT2D eigenvalue weighted by Crippen LogP contribution is -2.21. The highest BCUT2D eigenvalue weighted by Gasteiger charge is 2.29. The van der Waals surface area contributed by atoms with Gasteiger partial charge >= 0.3 is 0 Å². The molecule has 0 radical (unpaired) electrons. The van der Waals surface area contributed by atoms with Crippen LogP contribution in [-0.2, 0) is 4.74 Å². The Balaban J connectivity index is 2.32. The standard InChI is InChI=1S/C16H22N2OS/c1-5-19-14(16(2,3)4)15-18-13(10-20-15)11-7-6-8-12(17)9-11/h6-10,14H,5,17H2,1-4H3. The van der Waals surface area contributed by atoms with Crippen LogP contribution in [0, 0.1) is 5.41 Å². The van der Waals surface area contributed by atoms with Crippen molar-refractivity contribution in [2.75, 3.05) is 12.3 Å². The Hall–Kier alpha value is -1.39. The molecular weight excluding hydrogens is 268 g/mol. The quantitative estimate of drug-likeness (QED) is 0.842. The third-order valence-corrected chi connectivity index (χ3v) is 3.94. The molecule has 0 bridgehead atoms. The number of nitrogens with zero attached hydrogens (tertiary/aromatic N) is 1. The van der Waals surface area contributed by atoms with E-state index in [4.69, 9.17) is 15.5 Å². The van der Waals surface area contributed by atoms with Crippen molar-refractivity contribution >= 4 is 17.0 Å². The molecule has 3 nitrogen and oxygen atoms in total. The largest absolute Gasteiger partial charge is 0.399 e. The molecule has 0 amide bonds. The lowest BCUT2D eigenvalue weighted by Gasteiger charge is -2.28. The first-order valence-corrected chi connectivity index (χ1v) is 7.72. The number of benzene rings is 1. The van der Waals surface area contributed by atoms with Crippen LogP contribution in [0.3, 0.4) is 0 Å². The first-order chi connectivity index (χ1) is 9.41. The predicted octanol–water partition coefficient (Wildman–Crippen LogP) is 4.52. The first kappa shape index (κ1) is 15.0. The molecule has 1 aromatic carbocycles. The van der Waals surface area contributed by atoms with Gasteiger partial charge in [0.15, 0.2) is 0 Å². The Bertz CT molecular complexity index is 572. The van der Waals surface area contributed by atoms with Crippen LogP contribution in [-0.4, -0.2) is 11.6 Å². The zero-order chi connectivity index (χ0) is 14.8. The van der Waals surface area contributed by atoms with Crippen molar-refractivity contribution in [2.24, 2.45) is 5.41 Å². The van der Waals surface area contributed by atoms with Crippen molar-refractivity contribution in [3.63, 3.8) is 0 Å². The Morgan fingerprint density at radius 3 is 2.70 bits per heavy atom. The third kappa shape index (κ3) is 3.38. The van der Waals surface area contributed by atoms with E-state index >= 15 is 0 Å². The van der Waals surface area contributed by atoms with Gasteiger partial charge in [-0.25, -0.2) is 4.98 Å². The molecule has 0 fully saturated rings. The number of rotatable bonds is 4. The number of thiazole rings is 1. The maximum Gasteiger partial charge on any atom is 0.123 e. The fourth-order valence-corrected chi connectivity index (χ4v) is 3.21. The zero-order valence-corrected chi connectivity index (χ0v) is 13.3. The molecule has 0 saturated heterocycles. The van der Waals surface area contributed by atoms with Gasteiger partial charge in [-0.05, 0) is 24.5 Å². The van der Waals surface area contributed by atoms with Crippen LogP contribution in [0.15, 0.2) is 29.6 Å². The first-order valence-electron chi connectivity index (χ1n) is 6.84. The summed E-state index contributed by atoms with van der Waals surface area (Å²) in [5.74, 6) is 0. The van der Waals surface area contributed by atoms with E-state index < -0.39 is 0 Å². The van der Waals surface area contributed by atoms with Crippen LogP contribution in [0.2, 0.25) is 0 Å². The lowest BCUT2D eigenvalue weighted by atomic mass is 9.89. The Kier molecular flexibility index (Phi) is 4.45. The summed E-state index contributed by atoms with van der Waals surface area (Å²) in [6, 6.07) is 7.82. The van der Waals surface area contributed by atoms with Crippen molar-refractivity contribution in [3.8, 4) is 11.3 Å². The number of anilines is 1. The average molecular weight is 290 g/mol. The average Bonchev–Trinajstić information content (AvgIpc) is 2.83. The lowest BCUT2D eigenvalue weighted by molar-refractivity contribution is -0.0133. The summed E-state index contributed by atoms with van der Waals surface area (Å²) in [6.07, 6.45) is 0.0207. The molecule has 1 aromatic heterocycles. The molecular formula is C16H22N2OS. The minimum absolute atomic E-state index is 0.0207. The Morgan fingerprint density at radius 2 is 2.10 bits per heavy atom. The molecule has 108 valence electrons. The molecule has 0 saturated carbocycles. The summed E-state index contributed by atoms with van der Waals surface area (Å²) in [4.78, 5) is 4.74.